The standard InChI is InChI=1S/C15H14Cl2N2S/c1-9(10-2-4-11(16)5-3-10)19-14-7-6-12(17)8-13(14)15(18)20/h2-9,19H,1H3,(H2,18,20). The molecule has 0 amide bonds. The minimum atomic E-state index is 0.0987. The molecule has 2 aromatic rings. The quantitative estimate of drug-likeness (QED) is 0.793. The summed E-state index contributed by atoms with van der Waals surface area (Å²) in [7, 11) is 0. The van der Waals surface area contributed by atoms with Crippen molar-refractivity contribution in [2.45, 2.75) is 13.0 Å². The molecule has 0 saturated carbocycles. The van der Waals surface area contributed by atoms with Crippen LogP contribution in [0.4, 0.5) is 5.69 Å². The fourth-order valence-electron chi connectivity index (χ4n) is 1.91. The highest BCUT2D eigenvalue weighted by molar-refractivity contribution is 7.80. The molecule has 0 aliphatic carbocycles. The first kappa shape index (κ1) is 15.1. The average molecular weight is 325 g/mol. The van der Waals surface area contributed by atoms with Gasteiger partial charge in [0.15, 0.2) is 0 Å². The molecule has 0 bridgehead atoms. The lowest BCUT2D eigenvalue weighted by atomic mass is 10.1. The van der Waals surface area contributed by atoms with Gasteiger partial charge < -0.3 is 11.1 Å². The number of halogens is 2. The van der Waals surface area contributed by atoms with Crippen molar-refractivity contribution in [2.24, 2.45) is 5.73 Å². The van der Waals surface area contributed by atoms with E-state index in [9.17, 15) is 0 Å². The van der Waals surface area contributed by atoms with Gasteiger partial charge >= 0.3 is 0 Å². The highest BCUT2D eigenvalue weighted by Gasteiger charge is 2.10. The van der Waals surface area contributed by atoms with Gasteiger partial charge in [-0.05, 0) is 42.8 Å². The van der Waals surface area contributed by atoms with Crippen LogP contribution in [0.15, 0.2) is 42.5 Å². The van der Waals surface area contributed by atoms with E-state index in [0.717, 1.165) is 21.8 Å². The van der Waals surface area contributed by atoms with Crippen LogP contribution in [-0.2, 0) is 0 Å². The molecule has 0 aliphatic rings. The van der Waals surface area contributed by atoms with Crippen LogP contribution in [0.2, 0.25) is 10.0 Å². The summed E-state index contributed by atoms with van der Waals surface area (Å²) in [6, 6.07) is 13.2. The van der Waals surface area contributed by atoms with Crippen molar-refractivity contribution in [1.82, 2.24) is 0 Å². The number of benzene rings is 2. The van der Waals surface area contributed by atoms with Gasteiger partial charge in [-0.3, -0.25) is 0 Å². The fourth-order valence-corrected chi connectivity index (χ4v) is 2.38. The summed E-state index contributed by atoms with van der Waals surface area (Å²) >= 11 is 16.9. The first-order valence-corrected chi connectivity index (χ1v) is 7.25. The van der Waals surface area contributed by atoms with E-state index in [1.165, 1.54) is 0 Å². The first-order valence-electron chi connectivity index (χ1n) is 6.08. The molecule has 20 heavy (non-hydrogen) atoms. The van der Waals surface area contributed by atoms with E-state index in [2.05, 4.69) is 12.2 Å². The van der Waals surface area contributed by atoms with Gasteiger partial charge in [-0.15, -0.1) is 0 Å². The molecule has 1 unspecified atom stereocenters. The SMILES string of the molecule is CC(Nc1ccc(Cl)cc1C(N)=S)c1ccc(Cl)cc1. The zero-order valence-corrected chi connectivity index (χ0v) is 13.2. The largest absolute Gasteiger partial charge is 0.389 e. The lowest BCUT2D eigenvalue weighted by Gasteiger charge is -2.18. The molecule has 0 aliphatic heterocycles. The summed E-state index contributed by atoms with van der Waals surface area (Å²) in [4.78, 5) is 0.318. The van der Waals surface area contributed by atoms with Gasteiger partial charge in [0.2, 0.25) is 0 Å². The Bertz CT molecular complexity index is 626. The number of thiocarbonyl (C=S) groups is 1. The summed E-state index contributed by atoms with van der Waals surface area (Å²) < 4.78 is 0. The van der Waals surface area contributed by atoms with Crippen molar-refractivity contribution in [1.29, 1.82) is 0 Å². The van der Waals surface area contributed by atoms with E-state index >= 15 is 0 Å². The van der Waals surface area contributed by atoms with Crippen LogP contribution >= 0.6 is 35.4 Å². The number of anilines is 1. The third-order valence-electron chi connectivity index (χ3n) is 2.99. The number of hydrogen-bond donors (Lipinski definition) is 2. The molecule has 0 fully saturated rings. The Morgan fingerprint density at radius 3 is 2.30 bits per heavy atom. The second-order valence-corrected chi connectivity index (χ2v) is 5.78. The molecule has 0 aromatic heterocycles. The topological polar surface area (TPSA) is 38.0 Å². The normalized spacial score (nSPS) is 11.9. The molecule has 0 radical (unpaired) electrons. The smallest absolute Gasteiger partial charge is 0.106 e. The maximum Gasteiger partial charge on any atom is 0.106 e. The van der Waals surface area contributed by atoms with E-state index in [1.807, 2.05) is 30.3 Å². The molecule has 104 valence electrons. The predicted octanol–water partition coefficient (Wildman–Crippen LogP) is 4.80. The Balaban J connectivity index is 2.25. The van der Waals surface area contributed by atoms with Crippen LogP contribution in [0.25, 0.3) is 0 Å². The third-order valence-corrected chi connectivity index (χ3v) is 3.70. The Morgan fingerprint density at radius 1 is 1.10 bits per heavy atom. The summed E-state index contributed by atoms with van der Waals surface area (Å²) in [6.45, 7) is 2.06. The van der Waals surface area contributed by atoms with Crippen LogP contribution in [-0.4, -0.2) is 4.99 Å². The number of hydrogen-bond acceptors (Lipinski definition) is 2. The lowest BCUT2D eigenvalue weighted by molar-refractivity contribution is 0.884. The third kappa shape index (κ3) is 3.63. The van der Waals surface area contributed by atoms with Gasteiger partial charge in [0.05, 0.1) is 0 Å². The molecule has 0 heterocycles. The molecule has 0 saturated heterocycles. The van der Waals surface area contributed by atoms with Crippen molar-refractivity contribution in [3.8, 4) is 0 Å². The van der Waals surface area contributed by atoms with Gasteiger partial charge in [-0.2, -0.15) is 0 Å². The molecule has 5 heteroatoms. The number of nitrogens with one attached hydrogen (secondary N) is 1. The van der Waals surface area contributed by atoms with E-state index < -0.39 is 0 Å². The predicted molar refractivity (Wildman–Crippen MR) is 90.8 cm³/mol. The zero-order valence-electron chi connectivity index (χ0n) is 10.9. The molecule has 2 rings (SSSR count). The Morgan fingerprint density at radius 2 is 1.70 bits per heavy atom. The molecule has 2 nitrogen and oxygen atoms in total. The minimum absolute atomic E-state index is 0.0987. The fraction of sp³-hybridized carbons (Fsp3) is 0.133. The molecule has 1 atom stereocenters. The summed E-state index contributed by atoms with van der Waals surface area (Å²) in [6.07, 6.45) is 0. The number of rotatable bonds is 4. The first-order chi connectivity index (χ1) is 9.47. The Kier molecular flexibility index (Phi) is 4.86. The van der Waals surface area contributed by atoms with Crippen LogP contribution in [0.5, 0.6) is 0 Å². The van der Waals surface area contributed by atoms with Gasteiger partial charge in [0.1, 0.15) is 4.99 Å². The average Bonchev–Trinajstić information content (AvgIpc) is 2.41. The van der Waals surface area contributed by atoms with E-state index in [4.69, 9.17) is 41.2 Å². The highest BCUT2D eigenvalue weighted by Crippen LogP contribution is 2.25. The van der Waals surface area contributed by atoms with Crippen LogP contribution in [0.3, 0.4) is 0 Å². The number of nitrogens with two attached hydrogens (primary N) is 1. The molecular weight excluding hydrogens is 311 g/mol. The van der Waals surface area contributed by atoms with Crippen molar-refractivity contribution in [3.63, 3.8) is 0 Å². The summed E-state index contributed by atoms with van der Waals surface area (Å²) in [5.41, 5.74) is 8.47. The molecule has 0 spiro atoms. The highest BCUT2D eigenvalue weighted by atomic mass is 35.5. The molecule has 3 N–H and O–H groups in total. The van der Waals surface area contributed by atoms with Crippen molar-refractivity contribution in [2.75, 3.05) is 5.32 Å². The minimum Gasteiger partial charge on any atom is -0.389 e. The van der Waals surface area contributed by atoms with Gasteiger partial charge in [0, 0.05) is 27.3 Å². The maximum atomic E-state index is 5.97. The summed E-state index contributed by atoms with van der Waals surface area (Å²) in [5.74, 6) is 0. The van der Waals surface area contributed by atoms with Crippen LogP contribution in [0.1, 0.15) is 24.1 Å². The Labute approximate surface area is 133 Å². The van der Waals surface area contributed by atoms with Crippen LogP contribution in [0, 0.1) is 0 Å². The van der Waals surface area contributed by atoms with Gasteiger partial charge in [-0.1, -0.05) is 47.6 Å². The lowest BCUT2D eigenvalue weighted by Crippen LogP contribution is -2.15. The van der Waals surface area contributed by atoms with Gasteiger partial charge in [-0.25, -0.2) is 0 Å². The van der Waals surface area contributed by atoms with E-state index in [-0.39, 0.29) is 6.04 Å². The van der Waals surface area contributed by atoms with Crippen molar-refractivity contribution >= 4 is 46.1 Å². The van der Waals surface area contributed by atoms with Crippen molar-refractivity contribution in [3.05, 3.63) is 63.6 Å². The molecule has 2 aromatic carbocycles. The monoisotopic (exact) mass is 324 g/mol. The van der Waals surface area contributed by atoms with E-state index in [1.54, 1.807) is 12.1 Å². The summed E-state index contributed by atoms with van der Waals surface area (Å²) in [5, 5.41) is 4.71. The maximum absolute atomic E-state index is 5.97. The van der Waals surface area contributed by atoms with Crippen molar-refractivity contribution < 1.29 is 0 Å². The Hall–Kier alpha value is -1.29. The second-order valence-electron chi connectivity index (χ2n) is 4.47. The zero-order chi connectivity index (χ0) is 14.7. The van der Waals surface area contributed by atoms with Crippen LogP contribution < -0.4 is 11.1 Å². The van der Waals surface area contributed by atoms with Gasteiger partial charge in [0.25, 0.3) is 0 Å². The van der Waals surface area contributed by atoms with E-state index in [0.29, 0.717) is 10.0 Å². The second kappa shape index (κ2) is 6.44. The molecular formula is C15H14Cl2N2S.